The van der Waals surface area contributed by atoms with Crippen LogP contribution in [0.5, 0.6) is 0 Å². The summed E-state index contributed by atoms with van der Waals surface area (Å²) >= 11 is 0. The lowest BCUT2D eigenvalue weighted by atomic mass is 9.53. The lowest BCUT2D eigenvalue weighted by Gasteiger charge is -2.50. The van der Waals surface area contributed by atoms with Crippen LogP contribution in [0.1, 0.15) is 52.9 Å². The fourth-order valence-corrected chi connectivity index (χ4v) is 5.69. The lowest BCUT2D eigenvalue weighted by molar-refractivity contribution is -0.175. The molecule has 6 heteroatoms. The third kappa shape index (κ3) is 4.14. The number of esters is 1. The van der Waals surface area contributed by atoms with Crippen molar-refractivity contribution >= 4 is 20.1 Å². The van der Waals surface area contributed by atoms with Gasteiger partial charge in [-0.05, 0) is 56.2 Å². The Hall–Kier alpha value is -0.983. The number of Topliss-reactive ketones (excluding diaryl/α,β-unsaturated/α-hetero) is 1. The van der Waals surface area contributed by atoms with Crippen molar-refractivity contribution in [2.75, 3.05) is 20.8 Å². The molecule has 5 nitrogen and oxygen atoms in total. The molecule has 0 heterocycles. The van der Waals surface area contributed by atoms with Crippen LogP contribution in [0, 0.1) is 17.3 Å². The summed E-state index contributed by atoms with van der Waals surface area (Å²) in [5.74, 6) is -0.813. The average molecular weight is 411 g/mol. The highest BCUT2D eigenvalue weighted by molar-refractivity contribution is 6.74. The van der Waals surface area contributed by atoms with Gasteiger partial charge < -0.3 is 13.9 Å². The number of hydrogen-bond donors (Lipinski definition) is 0. The van der Waals surface area contributed by atoms with Gasteiger partial charge in [-0.25, -0.2) is 0 Å². The van der Waals surface area contributed by atoms with Gasteiger partial charge in [0.2, 0.25) is 0 Å². The highest BCUT2D eigenvalue weighted by Gasteiger charge is 2.61. The first-order valence-corrected chi connectivity index (χ1v) is 13.3. The molecule has 2 aliphatic rings. The molecule has 0 amide bonds. The van der Waals surface area contributed by atoms with Gasteiger partial charge in [0.15, 0.2) is 14.1 Å². The second-order valence-corrected chi connectivity index (χ2v) is 14.8. The maximum absolute atomic E-state index is 13.3. The molecule has 0 aromatic rings. The third-order valence-electron chi connectivity index (χ3n) is 7.29. The fourth-order valence-electron chi connectivity index (χ4n) is 4.60. The van der Waals surface area contributed by atoms with Gasteiger partial charge in [-0.2, -0.15) is 0 Å². The van der Waals surface area contributed by atoms with Crippen molar-refractivity contribution < 1.29 is 23.5 Å². The number of fused-ring (bicyclic) bond motifs is 2. The largest absolute Gasteiger partial charge is 0.468 e. The first-order valence-electron chi connectivity index (χ1n) is 10.4. The van der Waals surface area contributed by atoms with Crippen molar-refractivity contribution in [1.82, 2.24) is 0 Å². The normalized spacial score (nSPS) is 31.0. The van der Waals surface area contributed by atoms with Gasteiger partial charge in [0.1, 0.15) is 5.41 Å². The van der Waals surface area contributed by atoms with E-state index < -0.39 is 19.7 Å². The third-order valence-corrected chi connectivity index (χ3v) is 11.8. The van der Waals surface area contributed by atoms with Gasteiger partial charge in [-0.1, -0.05) is 32.9 Å². The average Bonchev–Trinajstić information content (AvgIpc) is 2.60. The summed E-state index contributed by atoms with van der Waals surface area (Å²) in [6, 6.07) is 0. The van der Waals surface area contributed by atoms with E-state index in [9.17, 15) is 9.59 Å². The van der Waals surface area contributed by atoms with Crippen LogP contribution in [-0.2, 0) is 23.5 Å². The zero-order valence-corrected chi connectivity index (χ0v) is 19.7. The maximum Gasteiger partial charge on any atom is 0.319 e. The second kappa shape index (κ2) is 8.40. The molecule has 2 rings (SSSR count). The predicted molar refractivity (Wildman–Crippen MR) is 113 cm³/mol. The zero-order valence-electron chi connectivity index (χ0n) is 18.7. The first kappa shape index (κ1) is 23.3. The Bertz CT molecular complexity index is 621. The van der Waals surface area contributed by atoms with Crippen LogP contribution < -0.4 is 0 Å². The molecule has 0 aliphatic heterocycles. The smallest absolute Gasteiger partial charge is 0.319 e. The zero-order chi connectivity index (χ0) is 21.3. The van der Waals surface area contributed by atoms with Crippen LogP contribution in [-0.4, -0.2) is 47.0 Å². The van der Waals surface area contributed by atoms with E-state index in [2.05, 4.69) is 40.4 Å². The number of ether oxygens (including phenoxy) is 2. The Balaban J connectivity index is 2.17. The van der Waals surface area contributed by atoms with Crippen molar-refractivity contribution in [3.63, 3.8) is 0 Å². The molecule has 160 valence electrons. The predicted octanol–water partition coefficient (Wildman–Crippen LogP) is 4.52. The molecule has 0 saturated heterocycles. The second-order valence-electron chi connectivity index (χ2n) is 10.0. The van der Waals surface area contributed by atoms with Gasteiger partial charge in [0.25, 0.3) is 0 Å². The van der Waals surface area contributed by atoms with E-state index >= 15 is 0 Å². The van der Waals surface area contributed by atoms with Crippen LogP contribution in [0.2, 0.25) is 18.1 Å². The molecular weight excluding hydrogens is 372 g/mol. The van der Waals surface area contributed by atoms with E-state index in [1.165, 1.54) is 7.11 Å². The molecule has 0 aromatic carbocycles. The Morgan fingerprint density at radius 2 is 1.93 bits per heavy atom. The summed E-state index contributed by atoms with van der Waals surface area (Å²) in [4.78, 5) is 26.2. The quantitative estimate of drug-likeness (QED) is 0.203. The van der Waals surface area contributed by atoms with Crippen molar-refractivity contribution in [1.29, 1.82) is 0 Å². The van der Waals surface area contributed by atoms with Gasteiger partial charge >= 0.3 is 5.97 Å². The SMILES string of the molecule is C=C1C[C@H]2C(=O)[C@](C(=O)OC)(C1)C(CCCO[Si](C)(C)C(C)(C)C)CC2OC. The van der Waals surface area contributed by atoms with E-state index in [0.717, 1.165) is 18.4 Å². The number of methoxy groups -OCH3 is 2. The monoisotopic (exact) mass is 410 g/mol. The Morgan fingerprint density at radius 3 is 2.46 bits per heavy atom. The van der Waals surface area contributed by atoms with Crippen molar-refractivity contribution in [2.45, 2.75) is 77.1 Å². The minimum absolute atomic E-state index is 0.0137. The topological polar surface area (TPSA) is 61.8 Å². The summed E-state index contributed by atoms with van der Waals surface area (Å²) in [6.07, 6.45) is 3.12. The summed E-state index contributed by atoms with van der Waals surface area (Å²) in [6.45, 7) is 15.9. The van der Waals surface area contributed by atoms with Crippen LogP contribution in [0.4, 0.5) is 0 Å². The summed E-state index contributed by atoms with van der Waals surface area (Å²) < 4.78 is 17.1. The molecule has 0 N–H and O–H groups in total. The van der Waals surface area contributed by atoms with E-state index in [1.807, 2.05) is 0 Å². The fraction of sp³-hybridized carbons (Fsp3) is 0.818. The van der Waals surface area contributed by atoms with Crippen LogP contribution in [0.3, 0.4) is 0 Å². The van der Waals surface area contributed by atoms with E-state index in [0.29, 0.717) is 25.9 Å². The van der Waals surface area contributed by atoms with Gasteiger partial charge in [0.05, 0.1) is 13.2 Å². The summed E-state index contributed by atoms with van der Waals surface area (Å²) in [7, 11) is 1.22. The van der Waals surface area contributed by atoms with Crippen molar-refractivity contribution in [2.24, 2.45) is 17.3 Å². The molecule has 2 fully saturated rings. The summed E-state index contributed by atoms with van der Waals surface area (Å²) in [5, 5.41) is 0.163. The molecule has 0 spiro atoms. The molecule has 0 aromatic heterocycles. The van der Waals surface area contributed by atoms with Crippen molar-refractivity contribution in [3.05, 3.63) is 12.2 Å². The summed E-state index contributed by atoms with van der Waals surface area (Å²) in [5.41, 5.74) is -0.153. The number of carbonyl (C=O) groups is 2. The number of allylic oxidation sites excluding steroid dienone is 1. The minimum Gasteiger partial charge on any atom is -0.468 e. The molecule has 2 saturated carbocycles. The molecular formula is C22H38O5Si. The van der Waals surface area contributed by atoms with Crippen molar-refractivity contribution in [3.8, 4) is 0 Å². The molecule has 4 atom stereocenters. The number of ketones is 1. The lowest BCUT2D eigenvalue weighted by Crippen LogP contribution is -2.59. The highest BCUT2D eigenvalue weighted by Crippen LogP contribution is 2.54. The first-order chi connectivity index (χ1) is 12.9. The Labute approximate surface area is 171 Å². The maximum atomic E-state index is 13.3. The molecule has 2 aliphatic carbocycles. The minimum atomic E-state index is -1.81. The van der Waals surface area contributed by atoms with Crippen LogP contribution in [0.15, 0.2) is 12.2 Å². The van der Waals surface area contributed by atoms with Crippen LogP contribution in [0.25, 0.3) is 0 Å². The van der Waals surface area contributed by atoms with E-state index in [-0.39, 0.29) is 28.8 Å². The van der Waals surface area contributed by atoms with Crippen LogP contribution >= 0.6 is 0 Å². The standard InChI is InChI=1S/C22H38O5Si/c1-15-12-17-18(25-5)13-16(22(14-15,19(17)23)20(24)26-6)10-9-11-27-28(7,8)21(2,3)4/h16-18H,1,9-14H2,2-8H3/t16?,17-,18?,22+/m1/s1. The molecule has 2 bridgehead atoms. The van der Waals surface area contributed by atoms with E-state index in [1.54, 1.807) is 7.11 Å². The molecule has 2 unspecified atom stereocenters. The molecule has 28 heavy (non-hydrogen) atoms. The number of carbonyl (C=O) groups excluding carboxylic acids is 2. The number of rotatable bonds is 7. The van der Waals surface area contributed by atoms with Gasteiger partial charge in [-0.15, -0.1) is 0 Å². The van der Waals surface area contributed by atoms with E-state index in [4.69, 9.17) is 13.9 Å². The molecule has 0 radical (unpaired) electrons. The Kier molecular flexibility index (Phi) is 6.99. The van der Waals surface area contributed by atoms with Gasteiger partial charge in [-0.3, -0.25) is 9.59 Å². The van der Waals surface area contributed by atoms with Gasteiger partial charge in [0, 0.05) is 19.6 Å². The Morgan fingerprint density at radius 1 is 1.29 bits per heavy atom. The number of hydrogen-bond acceptors (Lipinski definition) is 5. The highest BCUT2D eigenvalue weighted by atomic mass is 28.4.